The molecule has 29 heavy (non-hydrogen) atoms. The molecule has 0 aromatic heterocycles. The summed E-state index contributed by atoms with van der Waals surface area (Å²) in [4.78, 5) is 0. The van der Waals surface area contributed by atoms with Crippen molar-refractivity contribution in [1.82, 2.24) is 0 Å². The van der Waals surface area contributed by atoms with Gasteiger partial charge in [-0.2, -0.15) is 26.3 Å². The highest BCUT2D eigenvalue weighted by molar-refractivity contribution is 6.65. The number of hydrogen-bond donors (Lipinski definition) is 0. The van der Waals surface area contributed by atoms with Gasteiger partial charge >= 0.3 is 12.4 Å². The first-order chi connectivity index (χ1) is 13.5. The molecular formula is C22H20F6Si. The van der Waals surface area contributed by atoms with E-state index in [9.17, 15) is 26.3 Å². The van der Waals surface area contributed by atoms with E-state index < -0.39 is 32.3 Å². The van der Waals surface area contributed by atoms with Crippen molar-refractivity contribution < 1.29 is 26.3 Å². The first-order valence-corrected chi connectivity index (χ1v) is 12.1. The molecule has 3 rings (SSSR count). The van der Waals surface area contributed by atoms with Crippen molar-refractivity contribution in [1.29, 1.82) is 0 Å². The average molecular weight is 426 g/mol. The van der Waals surface area contributed by atoms with Gasteiger partial charge in [-0.15, -0.1) is 0 Å². The van der Waals surface area contributed by atoms with Crippen LogP contribution in [-0.2, 0) is 18.8 Å². The molecule has 0 spiro atoms. The van der Waals surface area contributed by atoms with Crippen LogP contribution in [0.3, 0.4) is 0 Å². The Balaban J connectivity index is 2.17. The fourth-order valence-electron chi connectivity index (χ4n) is 3.65. The molecule has 0 bridgehead atoms. The van der Waals surface area contributed by atoms with E-state index in [4.69, 9.17) is 0 Å². The Morgan fingerprint density at radius 2 is 1.38 bits per heavy atom. The summed E-state index contributed by atoms with van der Waals surface area (Å²) < 4.78 is 79.7. The molecule has 0 heterocycles. The minimum Gasteiger partial charge on any atom is -0.166 e. The fourth-order valence-corrected chi connectivity index (χ4v) is 5.21. The van der Waals surface area contributed by atoms with Gasteiger partial charge in [0.1, 0.15) is 0 Å². The second kappa shape index (κ2) is 7.86. The van der Waals surface area contributed by atoms with E-state index in [2.05, 4.69) is 13.1 Å². The summed E-state index contributed by atoms with van der Waals surface area (Å²) in [6, 6.07) is 11.3. The summed E-state index contributed by atoms with van der Waals surface area (Å²) in [5.41, 5.74) is -0.148. The summed E-state index contributed by atoms with van der Waals surface area (Å²) in [5, 5.41) is 1.11. The van der Waals surface area contributed by atoms with Gasteiger partial charge in [0.25, 0.3) is 0 Å². The Labute approximate surface area is 167 Å². The molecule has 1 aliphatic rings. The van der Waals surface area contributed by atoms with E-state index in [1.165, 1.54) is 0 Å². The quantitative estimate of drug-likeness (QED) is 0.362. The molecule has 0 fully saturated rings. The third-order valence-electron chi connectivity index (χ3n) is 5.02. The molecule has 0 N–H and O–H groups in total. The first-order valence-electron chi connectivity index (χ1n) is 9.23. The van der Waals surface area contributed by atoms with E-state index in [1.54, 1.807) is 0 Å². The van der Waals surface area contributed by atoms with Crippen LogP contribution in [0.5, 0.6) is 0 Å². The lowest BCUT2D eigenvalue weighted by Crippen LogP contribution is -2.12. The molecule has 154 valence electrons. The van der Waals surface area contributed by atoms with Crippen LogP contribution < -0.4 is 0 Å². The molecule has 0 saturated heterocycles. The zero-order valence-electron chi connectivity index (χ0n) is 16.0. The lowest BCUT2D eigenvalue weighted by atomic mass is 9.93. The first kappa shape index (κ1) is 21.4. The van der Waals surface area contributed by atoms with Crippen LogP contribution in [-0.4, -0.2) is 8.80 Å². The highest BCUT2D eigenvalue weighted by Crippen LogP contribution is 2.42. The van der Waals surface area contributed by atoms with Gasteiger partial charge < -0.3 is 0 Å². The largest absolute Gasteiger partial charge is 0.416 e. The van der Waals surface area contributed by atoms with Gasteiger partial charge in [0.05, 0.1) is 19.9 Å². The van der Waals surface area contributed by atoms with Gasteiger partial charge in [0.15, 0.2) is 0 Å². The second-order valence-corrected chi connectivity index (χ2v) is 10.4. The zero-order valence-corrected chi connectivity index (χ0v) is 17.1. The molecule has 0 radical (unpaired) electrons. The third-order valence-corrected chi connectivity index (χ3v) is 6.85. The van der Waals surface area contributed by atoms with E-state index in [1.807, 2.05) is 36.4 Å². The Kier molecular flexibility index (Phi) is 5.81. The highest BCUT2D eigenvalue weighted by Gasteiger charge is 2.37. The maximum Gasteiger partial charge on any atom is 0.416 e. The molecule has 7 heteroatoms. The Bertz CT molecular complexity index is 917. The lowest BCUT2D eigenvalue weighted by molar-refractivity contribution is -0.143. The number of benzene rings is 2. The van der Waals surface area contributed by atoms with Crippen LogP contribution in [0.1, 0.15) is 28.7 Å². The summed E-state index contributed by atoms with van der Waals surface area (Å²) in [5.74, 6) is 0. The van der Waals surface area contributed by atoms with Crippen molar-refractivity contribution in [2.75, 3.05) is 0 Å². The summed E-state index contributed by atoms with van der Waals surface area (Å²) in [7, 11) is -1.32. The average Bonchev–Trinajstić information content (AvgIpc) is 3.04. The molecule has 2 aromatic carbocycles. The van der Waals surface area contributed by atoms with Crippen LogP contribution in [0.2, 0.25) is 13.1 Å². The molecule has 1 aliphatic carbocycles. The molecule has 0 saturated carbocycles. The maximum absolute atomic E-state index is 13.3. The molecule has 0 amide bonds. The number of alkyl halides is 6. The van der Waals surface area contributed by atoms with Crippen LogP contribution in [0.25, 0.3) is 5.57 Å². The van der Waals surface area contributed by atoms with Crippen molar-refractivity contribution in [2.45, 2.75) is 38.3 Å². The van der Waals surface area contributed by atoms with Crippen molar-refractivity contribution in [2.24, 2.45) is 0 Å². The van der Waals surface area contributed by atoms with Gasteiger partial charge in [-0.3, -0.25) is 0 Å². The maximum atomic E-state index is 13.3. The van der Waals surface area contributed by atoms with Crippen molar-refractivity contribution in [3.8, 4) is 0 Å². The number of halogens is 6. The van der Waals surface area contributed by atoms with Crippen molar-refractivity contribution in [3.05, 3.63) is 87.6 Å². The monoisotopic (exact) mass is 426 g/mol. The summed E-state index contributed by atoms with van der Waals surface area (Å²) in [6.45, 7) is 4.21. The predicted octanol–water partition coefficient (Wildman–Crippen LogP) is 7.08. The Hall–Kier alpha value is -2.28. The van der Waals surface area contributed by atoms with Crippen LogP contribution in [0.15, 0.2) is 65.4 Å². The number of allylic oxidation sites excluding steroid dienone is 4. The van der Waals surface area contributed by atoms with E-state index in [0.717, 1.165) is 28.5 Å². The smallest absolute Gasteiger partial charge is 0.166 e. The second-order valence-electron chi connectivity index (χ2n) is 7.43. The van der Waals surface area contributed by atoms with Gasteiger partial charge in [-0.1, -0.05) is 54.7 Å². The third kappa shape index (κ3) is 4.83. The zero-order chi connectivity index (χ0) is 21.4. The normalized spacial score (nSPS) is 15.3. The predicted molar refractivity (Wildman–Crippen MR) is 105 cm³/mol. The minimum absolute atomic E-state index is 0.000943. The topological polar surface area (TPSA) is 0 Å². The molecular weight excluding hydrogens is 406 g/mol. The van der Waals surface area contributed by atoms with Gasteiger partial charge in [-0.25, -0.2) is 0 Å². The standard InChI is InChI=1S/C22H20F6Si/c1-29(2)20-9-8-18(19(20)10-14-6-4-3-5-7-14)15-11-16(21(23,24)25)13-17(12-15)22(26,27)28/h3-7,9,11-13,29H,8,10H2,1-2H3. The van der Waals surface area contributed by atoms with Crippen LogP contribution in [0, 0.1) is 0 Å². The molecule has 2 aromatic rings. The molecule has 0 aliphatic heterocycles. The van der Waals surface area contributed by atoms with Crippen LogP contribution in [0.4, 0.5) is 26.3 Å². The highest BCUT2D eigenvalue weighted by atomic mass is 28.3. The summed E-state index contributed by atoms with van der Waals surface area (Å²) >= 11 is 0. The minimum atomic E-state index is -4.85. The Morgan fingerprint density at radius 3 is 1.86 bits per heavy atom. The lowest BCUT2D eigenvalue weighted by Gasteiger charge is -2.18. The Morgan fingerprint density at radius 1 is 0.828 bits per heavy atom. The van der Waals surface area contributed by atoms with Gasteiger partial charge in [0.2, 0.25) is 0 Å². The van der Waals surface area contributed by atoms with Gasteiger partial charge in [-0.05, 0) is 53.3 Å². The molecule has 0 unspecified atom stereocenters. The van der Waals surface area contributed by atoms with Crippen molar-refractivity contribution in [3.63, 3.8) is 0 Å². The van der Waals surface area contributed by atoms with Crippen molar-refractivity contribution >= 4 is 14.4 Å². The van der Waals surface area contributed by atoms with E-state index >= 15 is 0 Å². The SMILES string of the molecule is C[SiH](C)C1=CCC(c2cc(C(F)(F)F)cc(C(F)(F)F)c2)=C1Cc1ccccc1. The summed E-state index contributed by atoms with van der Waals surface area (Å²) in [6.07, 6.45) is -6.89. The van der Waals surface area contributed by atoms with Crippen LogP contribution >= 0.6 is 0 Å². The fraction of sp³-hybridized carbons (Fsp3) is 0.273. The van der Waals surface area contributed by atoms with Gasteiger partial charge in [0, 0.05) is 0 Å². The van der Waals surface area contributed by atoms with E-state index in [-0.39, 0.29) is 11.6 Å². The molecule has 0 nitrogen and oxygen atoms in total. The van der Waals surface area contributed by atoms with E-state index in [0.29, 0.717) is 18.4 Å². The number of rotatable bonds is 4. The molecule has 0 atom stereocenters. The number of hydrogen-bond acceptors (Lipinski definition) is 0.